The maximum absolute atomic E-state index is 12.4. The van der Waals surface area contributed by atoms with Crippen LogP contribution in [-0.4, -0.2) is 41.4 Å². The molecule has 0 aromatic heterocycles. The van der Waals surface area contributed by atoms with E-state index in [2.05, 4.69) is 12.2 Å². The number of rotatable bonds is 4. The van der Waals surface area contributed by atoms with E-state index < -0.39 is 18.0 Å². The molecule has 1 aromatic rings. The van der Waals surface area contributed by atoms with Crippen LogP contribution >= 0.6 is 0 Å². The molecule has 1 aromatic carbocycles. The number of carbonyl (C=O) groups excluding carboxylic acids is 1. The highest BCUT2D eigenvalue weighted by Gasteiger charge is 2.28. The molecule has 6 nitrogen and oxygen atoms in total. The molecule has 2 rings (SSSR count). The Labute approximate surface area is 123 Å². The van der Waals surface area contributed by atoms with Gasteiger partial charge >= 0.3 is 12.0 Å². The van der Waals surface area contributed by atoms with Crippen LogP contribution in [0.1, 0.15) is 18.9 Å². The number of hydrogen-bond donors (Lipinski definition) is 3. The SMILES string of the molecule is CC1Cc2ccccc2N(C(=O)NC(CCO)C(=O)O)C1. The van der Waals surface area contributed by atoms with Crippen LogP contribution in [0.3, 0.4) is 0 Å². The first-order chi connectivity index (χ1) is 10.0. The van der Waals surface area contributed by atoms with E-state index in [1.165, 1.54) is 0 Å². The van der Waals surface area contributed by atoms with Crippen molar-refractivity contribution in [1.29, 1.82) is 0 Å². The van der Waals surface area contributed by atoms with Crippen molar-refractivity contribution >= 4 is 17.7 Å². The molecule has 0 fully saturated rings. The summed E-state index contributed by atoms with van der Waals surface area (Å²) in [6.07, 6.45) is 0.894. The minimum absolute atomic E-state index is 0.00782. The highest BCUT2D eigenvalue weighted by atomic mass is 16.4. The van der Waals surface area contributed by atoms with E-state index in [1.54, 1.807) is 4.90 Å². The van der Waals surface area contributed by atoms with Gasteiger partial charge in [-0.05, 0) is 24.0 Å². The van der Waals surface area contributed by atoms with Gasteiger partial charge in [-0.1, -0.05) is 25.1 Å². The van der Waals surface area contributed by atoms with Gasteiger partial charge in [0.1, 0.15) is 6.04 Å². The van der Waals surface area contributed by atoms with Crippen LogP contribution in [0, 0.1) is 5.92 Å². The van der Waals surface area contributed by atoms with E-state index in [4.69, 9.17) is 10.2 Å². The molecule has 1 aliphatic rings. The fraction of sp³-hybridized carbons (Fsp3) is 0.467. The van der Waals surface area contributed by atoms with E-state index in [9.17, 15) is 9.59 Å². The Kier molecular flexibility index (Phi) is 4.80. The lowest BCUT2D eigenvalue weighted by Gasteiger charge is -2.33. The number of carboxylic acids is 1. The van der Waals surface area contributed by atoms with Gasteiger partial charge in [-0.3, -0.25) is 4.90 Å². The molecule has 0 saturated heterocycles. The zero-order valence-electron chi connectivity index (χ0n) is 12.0. The third-order valence-corrected chi connectivity index (χ3v) is 3.60. The second-order valence-corrected chi connectivity index (χ2v) is 5.40. The summed E-state index contributed by atoms with van der Waals surface area (Å²) in [4.78, 5) is 25.0. The molecular weight excluding hydrogens is 272 g/mol. The van der Waals surface area contributed by atoms with Crippen molar-refractivity contribution in [3.63, 3.8) is 0 Å². The monoisotopic (exact) mass is 292 g/mol. The number of aliphatic hydroxyl groups is 1. The number of hydrogen-bond acceptors (Lipinski definition) is 3. The van der Waals surface area contributed by atoms with E-state index in [0.29, 0.717) is 12.5 Å². The van der Waals surface area contributed by atoms with Crippen molar-refractivity contribution in [3.05, 3.63) is 29.8 Å². The largest absolute Gasteiger partial charge is 0.480 e. The number of anilines is 1. The average molecular weight is 292 g/mol. The van der Waals surface area contributed by atoms with Crippen LogP contribution in [-0.2, 0) is 11.2 Å². The lowest BCUT2D eigenvalue weighted by molar-refractivity contribution is -0.139. The van der Waals surface area contributed by atoms with Crippen molar-refractivity contribution < 1.29 is 19.8 Å². The lowest BCUT2D eigenvalue weighted by atomic mass is 9.94. The van der Waals surface area contributed by atoms with E-state index >= 15 is 0 Å². The maximum atomic E-state index is 12.4. The first kappa shape index (κ1) is 15.3. The van der Waals surface area contributed by atoms with Crippen molar-refractivity contribution in [2.45, 2.75) is 25.8 Å². The van der Waals surface area contributed by atoms with Gasteiger partial charge in [0.2, 0.25) is 0 Å². The Bertz CT molecular complexity index is 532. The van der Waals surface area contributed by atoms with E-state index in [0.717, 1.165) is 17.7 Å². The number of para-hydroxylation sites is 1. The summed E-state index contributed by atoms with van der Waals surface area (Å²) in [5.41, 5.74) is 1.90. The first-order valence-corrected chi connectivity index (χ1v) is 7.02. The minimum atomic E-state index is -1.14. The predicted molar refractivity (Wildman–Crippen MR) is 78.3 cm³/mol. The second-order valence-electron chi connectivity index (χ2n) is 5.40. The Morgan fingerprint density at radius 3 is 2.81 bits per heavy atom. The first-order valence-electron chi connectivity index (χ1n) is 7.02. The Morgan fingerprint density at radius 2 is 2.14 bits per heavy atom. The molecule has 0 radical (unpaired) electrons. The van der Waals surface area contributed by atoms with Crippen LogP contribution in [0.15, 0.2) is 24.3 Å². The number of amides is 2. The van der Waals surface area contributed by atoms with Crippen LogP contribution in [0.2, 0.25) is 0 Å². The standard InChI is InChI=1S/C15H20N2O4/c1-10-8-11-4-2-3-5-13(11)17(9-10)15(21)16-12(6-7-18)14(19)20/h2-5,10,12,18H,6-9H2,1H3,(H,16,21)(H,19,20). The van der Waals surface area contributed by atoms with Crippen molar-refractivity contribution in [3.8, 4) is 0 Å². The van der Waals surface area contributed by atoms with Gasteiger partial charge in [-0.25, -0.2) is 9.59 Å². The number of nitrogens with zero attached hydrogens (tertiary/aromatic N) is 1. The molecule has 2 atom stereocenters. The van der Waals surface area contributed by atoms with Gasteiger partial charge in [0.15, 0.2) is 0 Å². The fourth-order valence-corrected chi connectivity index (χ4v) is 2.60. The van der Waals surface area contributed by atoms with Gasteiger partial charge in [0.25, 0.3) is 0 Å². The number of aliphatic carboxylic acids is 1. The molecular formula is C15H20N2O4. The average Bonchev–Trinajstić information content (AvgIpc) is 2.45. The fourth-order valence-electron chi connectivity index (χ4n) is 2.60. The maximum Gasteiger partial charge on any atom is 0.326 e. The zero-order valence-corrected chi connectivity index (χ0v) is 12.0. The van der Waals surface area contributed by atoms with Gasteiger partial charge in [-0.15, -0.1) is 0 Å². The lowest BCUT2D eigenvalue weighted by Crippen LogP contribution is -2.51. The zero-order chi connectivity index (χ0) is 15.4. The number of carboxylic acid groups (broad SMARTS) is 1. The molecule has 3 N–H and O–H groups in total. The molecule has 0 saturated carbocycles. The smallest absolute Gasteiger partial charge is 0.326 e. The van der Waals surface area contributed by atoms with E-state index in [-0.39, 0.29) is 13.0 Å². The van der Waals surface area contributed by atoms with Crippen LogP contribution in [0.25, 0.3) is 0 Å². The highest BCUT2D eigenvalue weighted by molar-refractivity contribution is 5.95. The summed E-state index contributed by atoms with van der Waals surface area (Å²) in [6, 6.07) is 6.12. The molecule has 2 unspecified atom stereocenters. The Balaban J connectivity index is 2.17. The number of urea groups is 1. The summed E-state index contributed by atoms with van der Waals surface area (Å²) in [5.74, 6) is -0.831. The molecule has 2 amide bonds. The molecule has 1 aliphatic heterocycles. The number of nitrogens with one attached hydrogen (secondary N) is 1. The quantitative estimate of drug-likeness (QED) is 0.778. The minimum Gasteiger partial charge on any atom is -0.480 e. The summed E-state index contributed by atoms with van der Waals surface area (Å²) < 4.78 is 0. The molecule has 6 heteroatoms. The summed E-state index contributed by atoms with van der Waals surface area (Å²) >= 11 is 0. The molecule has 1 heterocycles. The Morgan fingerprint density at radius 1 is 1.43 bits per heavy atom. The van der Waals surface area contributed by atoms with Crippen molar-refractivity contribution in [2.75, 3.05) is 18.1 Å². The number of carbonyl (C=O) groups is 2. The second kappa shape index (κ2) is 6.58. The molecule has 0 bridgehead atoms. The molecule has 114 valence electrons. The summed E-state index contributed by atoms with van der Waals surface area (Å²) in [5, 5.41) is 20.4. The number of aliphatic hydroxyl groups excluding tert-OH is 1. The normalized spacial score (nSPS) is 18.8. The molecule has 0 aliphatic carbocycles. The molecule has 0 spiro atoms. The highest BCUT2D eigenvalue weighted by Crippen LogP contribution is 2.29. The summed E-state index contributed by atoms with van der Waals surface area (Å²) in [7, 11) is 0. The van der Waals surface area contributed by atoms with Gasteiger partial charge in [-0.2, -0.15) is 0 Å². The van der Waals surface area contributed by atoms with Crippen molar-refractivity contribution in [1.82, 2.24) is 5.32 Å². The summed E-state index contributed by atoms with van der Waals surface area (Å²) in [6.45, 7) is 2.32. The number of benzene rings is 1. The predicted octanol–water partition coefficient (Wildman–Crippen LogP) is 1.23. The van der Waals surface area contributed by atoms with Crippen LogP contribution in [0.5, 0.6) is 0 Å². The Hall–Kier alpha value is -2.08. The third-order valence-electron chi connectivity index (χ3n) is 3.60. The van der Waals surface area contributed by atoms with Gasteiger partial charge in [0.05, 0.1) is 0 Å². The molecule has 21 heavy (non-hydrogen) atoms. The van der Waals surface area contributed by atoms with Gasteiger partial charge in [0, 0.05) is 25.3 Å². The van der Waals surface area contributed by atoms with Crippen molar-refractivity contribution in [2.24, 2.45) is 5.92 Å². The number of fused-ring (bicyclic) bond motifs is 1. The van der Waals surface area contributed by atoms with Crippen LogP contribution in [0.4, 0.5) is 10.5 Å². The van der Waals surface area contributed by atoms with E-state index in [1.807, 2.05) is 24.3 Å². The topological polar surface area (TPSA) is 89.9 Å². The van der Waals surface area contributed by atoms with Crippen LogP contribution < -0.4 is 10.2 Å². The third kappa shape index (κ3) is 3.52. The van der Waals surface area contributed by atoms with Gasteiger partial charge < -0.3 is 15.5 Å².